The van der Waals surface area contributed by atoms with Gasteiger partial charge in [0.15, 0.2) is 0 Å². The zero-order valence-electron chi connectivity index (χ0n) is 12.4. The number of nitrogens with one attached hydrogen (secondary N) is 1. The zero-order valence-corrected chi connectivity index (χ0v) is 12.4. The van der Waals surface area contributed by atoms with Crippen molar-refractivity contribution in [1.82, 2.24) is 5.32 Å². The maximum Gasteiger partial charge on any atom is 0.0317 e. The van der Waals surface area contributed by atoms with Crippen LogP contribution in [-0.4, -0.2) is 7.05 Å². The minimum atomic E-state index is 0.500. The van der Waals surface area contributed by atoms with Gasteiger partial charge in [0.05, 0.1) is 0 Å². The Morgan fingerprint density at radius 3 is 2.55 bits per heavy atom. The van der Waals surface area contributed by atoms with E-state index in [2.05, 4.69) is 54.8 Å². The van der Waals surface area contributed by atoms with Crippen molar-refractivity contribution in [2.75, 3.05) is 7.05 Å². The van der Waals surface area contributed by atoms with E-state index in [0.717, 1.165) is 5.92 Å². The molecule has 0 amide bonds. The lowest BCUT2D eigenvalue weighted by Gasteiger charge is -2.19. The smallest absolute Gasteiger partial charge is 0.0317 e. The Labute approximate surface area is 122 Å². The van der Waals surface area contributed by atoms with Crippen molar-refractivity contribution >= 4 is 10.8 Å². The van der Waals surface area contributed by atoms with Crippen LogP contribution in [0.1, 0.15) is 50.1 Å². The normalized spacial score (nSPS) is 17.6. The van der Waals surface area contributed by atoms with Crippen LogP contribution < -0.4 is 5.32 Å². The van der Waals surface area contributed by atoms with Crippen molar-refractivity contribution < 1.29 is 0 Å². The molecule has 3 rings (SSSR count). The van der Waals surface area contributed by atoms with Gasteiger partial charge in [0.25, 0.3) is 0 Å². The molecule has 1 atom stereocenters. The monoisotopic (exact) mass is 267 g/mol. The van der Waals surface area contributed by atoms with Gasteiger partial charge >= 0.3 is 0 Å². The molecule has 0 bridgehead atoms. The molecule has 0 heterocycles. The van der Waals surface area contributed by atoms with E-state index in [1.165, 1.54) is 54.9 Å². The van der Waals surface area contributed by atoms with Gasteiger partial charge < -0.3 is 5.32 Å². The number of rotatable bonds is 5. The first-order valence-electron chi connectivity index (χ1n) is 8.03. The summed E-state index contributed by atoms with van der Waals surface area (Å²) in [6, 6.07) is 16.0. The lowest BCUT2D eigenvalue weighted by atomic mass is 9.94. The van der Waals surface area contributed by atoms with Gasteiger partial charge in [-0.1, -0.05) is 62.1 Å². The van der Waals surface area contributed by atoms with Gasteiger partial charge in [-0.15, -0.1) is 0 Å². The molecule has 1 aliphatic rings. The molecule has 1 N–H and O–H groups in total. The summed E-state index contributed by atoms with van der Waals surface area (Å²) in [5.41, 5.74) is 1.43. The van der Waals surface area contributed by atoms with Crippen molar-refractivity contribution in [2.45, 2.75) is 44.6 Å². The van der Waals surface area contributed by atoms with Crippen LogP contribution in [-0.2, 0) is 0 Å². The van der Waals surface area contributed by atoms with Crippen LogP contribution in [0.25, 0.3) is 10.8 Å². The van der Waals surface area contributed by atoms with Crippen LogP contribution >= 0.6 is 0 Å². The van der Waals surface area contributed by atoms with Crippen molar-refractivity contribution in [1.29, 1.82) is 0 Å². The van der Waals surface area contributed by atoms with Crippen molar-refractivity contribution in [2.24, 2.45) is 5.92 Å². The lowest BCUT2D eigenvalue weighted by molar-refractivity contribution is 0.427. The van der Waals surface area contributed by atoms with E-state index < -0.39 is 0 Å². The molecular formula is C19H25N. The van der Waals surface area contributed by atoms with E-state index in [9.17, 15) is 0 Å². The van der Waals surface area contributed by atoms with Crippen molar-refractivity contribution in [3.05, 3.63) is 48.0 Å². The quantitative estimate of drug-likeness (QED) is 0.797. The highest BCUT2D eigenvalue weighted by Gasteiger charge is 2.17. The standard InChI is InChI=1S/C19H25N/c1-20-19(13-10-15-6-2-3-7-15)18-12-11-16-8-4-5-9-17(16)14-18/h4-5,8-9,11-12,14-15,19-20H,2-3,6-7,10,13H2,1H3. The first-order chi connectivity index (χ1) is 9.86. The molecular weight excluding hydrogens is 242 g/mol. The van der Waals surface area contributed by atoms with Crippen molar-refractivity contribution in [3.63, 3.8) is 0 Å². The Bertz CT molecular complexity index is 554. The van der Waals surface area contributed by atoms with Crippen LogP contribution in [0.4, 0.5) is 0 Å². The SMILES string of the molecule is CNC(CCC1CCCC1)c1ccc2ccccc2c1. The molecule has 0 aromatic heterocycles. The molecule has 1 nitrogen and oxygen atoms in total. The van der Waals surface area contributed by atoms with Crippen LogP contribution in [0.15, 0.2) is 42.5 Å². The minimum absolute atomic E-state index is 0.500. The molecule has 0 spiro atoms. The predicted octanol–water partition coefficient (Wildman–Crippen LogP) is 5.07. The highest BCUT2D eigenvalue weighted by Crippen LogP contribution is 2.32. The van der Waals surface area contributed by atoms with Gasteiger partial charge in [0, 0.05) is 6.04 Å². The third kappa shape index (κ3) is 3.04. The Morgan fingerprint density at radius 2 is 1.80 bits per heavy atom. The summed E-state index contributed by atoms with van der Waals surface area (Å²) in [5, 5.41) is 6.19. The Balaban J connectivity index is 1.72. The topological polar surface area (TPSA) is 12.0 Å². The van der Waals surface area contributed by atoms with Gasteiger partial charge in [-0.25, -0.2) is 0 Å². The largest absolute Gasteiger partial charge is 0.313 e. The molecule has 1 fully saturated rings. The Morgan fingerprint density at radius 1 is 1.05 bits per heavy atom. The predicted molar refractivity (Wildman–Crippen MR) is 86.9 cm³/mol. The second kappa shape index (κ2) is 6.41. The summed E-state index contributed by atoms with van der Waals surface area (Å²) >= 11 is 0. The van der Waals surface area contributed by atoms with Gasteiger partial charge in [0.2, 0.25) is 0 Å². The van der Waals surface area contributed by atoms with Gasteiger partial charge in [-0.2, -0.15) is 0 Å². The second-order valence-electron chi connectivity index (χ2n) is 6.18. The lowest BCUT2D eigenvalue weighted by Crippen LogP contribution is -2.17. The highest BCUT2D eigenvalue weighted by molar-refractivity contribution is 5.83. The van der Waals surface area contributed by atoms with Crippen LogP contribution in [0.5, 0.6) is 0 Å². The molecule has 106 valence electrons. The highest BCUT2D eigenvalue weighted by atomic mass is 14.9. The average Bonchev–Trinajstić information content (AvgIpc) is 3.01. The molecule has 20 heavy (non-hydrogen) atoms. The molecule has 2 aromatic carbocycles. The fourth-order valence-electron chi connectivity index (χ4n) is 3.60. The van der Waals surface area contributed by atoms with E-state index >= 15 is 0 Å². The van der Waals surface area contributed by atoms with Crippen LogP contribution in [0.3, 0.4) is 0 Å². The number of hydrogen-bond donors (Lipinski definition) is 1. The number of hydrogen-bond acceptors (Lipinski definition) is 1. The molecule has 0 saturated heterocycles. The van der Waals surface area contributed by atoms with E-state index in [-0.39, 0.29) is 0 Å². The maximum absolute atomic E-state index is 3.51. The molecule has 0 radical (unpaired) electrons. The summed E-state index contributed by atoms with van der Waals surface area (Å²) in [7, 11) is 2.09. The first kappa shape index (κ1) is 13.6. The average molecular weight is 267 g/mol. The van der Waals surface area contributed by atoms with Crippen LogP contribution in [0, 0.1) is 5.92 Å². The van der Waals surface area contributed by atoms with Crippen LogP contribution in [0.2, 0.25) is 0 Å². The Kier molecular flexibility index (Phi) is 4.37. The molecule has 1 saturated carbocycles. The summed E-state index contributed by atoms with van der Waals surface area (Å²) in [5.74, 6) is 0.978. The van der Waals surface area contributed by atoms with E-state index in [1.54, 1.807) is 0 Å². The van der Waals surface area contributed by atoms with E-state index in [1.807, 2.05) is 0 Å². The fraction of sp³-hybridized carbons (Fsp3) is 0.474. The molecule has 1 unspecified atom stereocenters. The van der Waals surface area contributed by atoms with Gasteiger partial charge in [-0.05, 0) is 48.2 Å². The Hall–Kier alpha value is -1.34. The van der Waals surface area contributed by atoms with Crippen molar-refractivity contribution in [3.8, 4) is 0 Å². The first-order valence-corrected chi connectivity index (χ1v) is 8.03. The van der Waals surface area contributed by atoms with E-state index in [4.69, 9.17) is 0 Å². The number of fused-ring (bicyclic) bond motifs is 1. The molecule has 0 aliphatic heterocycles. The van der Waals surface area contributed by atoms with E-state index in [0.29, 0.717) is 6.04 Å². The third-order valence-corrected chi connectivity index (χ3v) is 4.86. The second-order valence-corrected chi connectivity index (χ2v) is 6.18. The minimum Gasteiger partial charge on any atom is -0.313 e. The van der Waals surface area contributed by atoms with Gasteiger partial charge in [-0.3, -0.25) is 0 Å². The molecule has 2 aromatic rings. The van der Waals surface area contributed by atoms with Gasteiger partial charge in [0.1, 0.15) is 0 Å². The summed E-state index contributed by atoms with van der Waals surface area (Å²) < 4.78 is 0. The maximum atomic E-state index is 3.51. The molecule has 1 heteroatoms. The number of benzene rings is 2. The fourth-order valence-corrected chi connectivity index (χ4v) is 3.60. The molecule has 1 aliphatic carbocycles. The summed E-state index contributed by atoms with van der Waals surface area (Å²) in [6.07, 6.45) is 8.44. The third-order valence-electron chi connectivity index (χ3n) is 4.86. The summed E-state index contributed by atoms with van der Waals surface area (Å²) in [4.78, 5) is 0. The summed E-state index contributed by atoms with van der Waals surface area (Å²) in [6.45, 7) is 0. The zero-order chi connectivity index (χ0) is 13.8.